The first-order valence-corrected chi connectivity index (χ1v) is 9.74. The van der Waals surface area contributed by atoms with Crippen molar-refractivity contribution in [2.75, 3.05) is 13.1 Å². The molecule has 2 bridgehead atoms. The van der Waals surface area contributed by atoms with E-state index in [0.29, 0.717) is 32.8 Å². The highest BCUT2D eigenvalue weighted by Crippen LogP contribution is 2.33. The molecule has 1 aromatic heterocycles. The van der Waals surface area contributed by atoms with Gasteiger partial charge in [0.1, 0.15) is 5.75 Å². The van der Waals surface area contributed by atoms with Crippen molar-refractivity contribution < 1.29 is 9.53 Å². The van der Waals surface area contributed by atoms with Gasteiger partial charge in [-0.1, -0.05) is 22.9 Å². The predicted octanol–water partition coefficient (Wildman–Crippen LogP) is 3.80. The topological polar surface area (TPSA) is 54.5 Å². The van der Waals surface area contributed by atoms with Crippen molar-refractivity contribution in [3.05, 3.63) is 40.5 Å². The van der Waals surface area contributed by atoms with Crippen molar-refractivity contribution in [1.82, 2.24) is 15.2 Å². The van der Waals surface area contributed by atoms with Gasteiger partial charge in [-0.05, 0) is 63.0 Å². The van der Waals surface area contributed by atoms with E-state index in [1.165, 1.54) is 11.3 Å². The molecular weight excluding hydrogens is 358 g/mol. The monoisotopic (exact) mass is 377 g/mol. The smallest absolute Gasteiger partial charge is 0.280 e. The Kier molecular flexibility index (Phi) is 4.67. The first-order valence-electron chi connectivity index (χ1n) is 8.54. The van der Waals surface area contributed by atoms with Crippen molar-refractivity contribution in [3.8, 4) is 10.8 Å². The van der Waals surface area contributed by atoms with Gasteiger partial charge in [-0.25, -0.2) is 4.98 Å². The van der Waals surface area contributed by atoms with Gasteiger partial charge < -0.3 is 10.1 Å². The quantitative estimate of drug-likeness (QED) is 0.880. The second-order valence-electron chi connectivity index (χ2n) is 6.65. The SMILES string of the molecule is CC1C(NC(=O)c2ncc(Oc3ccc(Cl)cc3)s2)C2CCN1CC2. The molecule has 2 atom stereocenters. The number of carbonyl (C=O) groups excluding carboxylic acids is 1. The Hall–Kier alpha value is -1.63. The number of benzene rings is 1. The fraction of sp³-hybridized carbons (Fsp3) is 0.444. The molecule has 1 aromatic carbocycles. The molecule has 3 fully saturated rings. The number of fused-ring (bicyclic) bond motifs is 3. The van der Waals surface area contributed by atoms with E-state index in [2.05, 4.69) is 22.1 Å². The van der Waals surface area contributed by atoms with Crippen LogP contribution in [0.5, 0.6) is 10.8 Å². The Bertz CT molecular complexity index is 754. The van der Waals surface area contributed by atoms with Crippen LogP contribution in [0.25, 0.3) is 0 Å². The summed E-state index contributed by atoms with van der Waals surface area (Å²) in [6.45, 7) is 4.50. The summed E-state index contributed by atoms with van der Waals surface area (Å²) in [6, 6.07) is 7.70. The minimum Gasteiger partial charge on any atom is -0.445 e. The largest absolute Gasteiger partial charge is 0.445 e. The van der Waals surface area contributed by atoms with Crippen LogP contribution < -0.4 is 10.1 Å². The van der Waals surface area contributed by atoms with Crippen LogP contribution in [0.2, 0.25) is 5.02 Å². The summed E-state index contributed by atoms with van der Waals surface area (Å²) in [5, 5.41) is 4.88. The molecule has 0 saturated carbocycles. The Morgan fingerprint density at radius 2 is 2.04 bits per heavy atom. The number of ether oxygens (including phenoxy) is 1. The van der Waals surface area contributed by atoms with Gasteiger partial charge >= 0.3 is 0 Å². The second kappa shape index (κ2) is 6.94. The maximum Gasteiger partial charge on any atom is 0.280 e. The van der Waals surface area contributed by atoms with E-state index in [-0.39, 0.29) is 11.9 Å². The van der Waals surface area contributed by atoms with Crippen molar-refractivity contribution in [2.24, 2.45) is 5.92 Å². The standard InChI is InChI=1S/C18H20ClN3O2S/c1-11-16(12-6-8-22(11)9-7-12)21-17(23)18-20-10-15(25-18)24-14-4-2-13(19)3-5-14/h2-5,10-12,16H,6-9H2,1H3,(H,21,23). The van der Waals surface area contributed by atoms with E-state index in [0.717, 1.165) is 25.9 Å². The number of rotatable bonds is 4. The molecule has 2 unspecified atom stereocenters. The molecule has 132 valence electrons. The fourth-order valence-corrected chi connectivity index (χ4v) is 4.61. The van der Waals surface area contributed by atoms with E-state index >= 15 is 0 Å². The van der Waals surface area contributed by atoms with Crippen LogP contribution in [0, 0.1) is 5.92 Å². The molecule has 0 spiro atoms. The normalized spacial score (nSPS) is 27.9. The molecule has 5 nitrogen and oxygen atoms in total. The Morgan fingerprint density at radius 1 is 1.32 bits per heavy atom. The van der Waals surface area contributed by atoms with Gasteiger partial charge in [0.2, 0.25) is 5.06 Å². The number of nitrogens with zero attached hydrogens (tertiary/aromatic N) is 2. The lowest BCUT2D eigenvalue weighted by Crippen LogP contribution is -2.62. The van der Waals surface area contributed by atoms with E-state index in [4.69, 9.17) is 16.3 Å². The molecule has 5 rings (SSSR count). The Labute approximate surface area is 156 Å². The van der Waals surface area contributed by atoms with Gasteiger partial charge in [-0.15, -0.1) is 0 Å². The van der Waals surface area contributed by atoms with E-state index in [1.54, 1.807) is 30.5 Å². The Balaban J connectivity index is 1.41. The van der Waals surface area contributed by atoms with E-state index in [9.17, 15) is 4.79 Å². The molecule has 2 aromatic rings. The summed E-state index contributed by atoms with van der Waals surface area (Å²) < 4.78 is 5.73. The summed E-state index contributed by atoms with van der Waals surface area (Å²) in [5.41, 5.74) is 0. The molecular formula is C18H20ClN3O2S. The Morgan fingerprint density at radius 3 is 2.72 bits per heavy atom. The summed E-state index contributed by atoms with van der Waals surface area (Å²) >= 11 is 7.13. The highest BCUT2D eigenvalue weighted by Gasteiger charge is 2.40. The lowest BCUT2D eigenvalue weighted by atomic mass is 9.79. The van der Waals surface area contributed by atoms with Gasteiger partial charge in [0, 0.05) is 17.1 Å². The van der Waals surface area contributed by atoms with Gasteiger partial charge in [0.25, 0.3) is 5.91 Å². The summed E-state index contributed by atoms with van der Waals surface area (Å²) in [6.07, 6.45) is 3.92. The maximum absolute atomic E-state index is 12.6. The second-order valence-corrected chi connectivity index (χ2v) is 8.08. The highest BCUT2D eigenvalue weighted by atomic mass is 35.5. The average Bonchev–Trinajstić information content (AvgIpc) is 3.09. The van der Waals surface area contributed by atoms with Gasteiger partial charge in [-0.3, -0.25) is 9.69 Å². The number of hydrogen-bond acceptors (Lipinski definition) is 5. The summed E-state index contributed by atoms with van der Waals surface area (Å²) in [5.74, 6) is 1.14. The molecule has 7 heteroatoms. The van der Waals surface area contributed by atoms with Crippen molar-refractivity contribution >= 4 is 28.8 Å². The first kappa shape index (κ1) is 16.8. The van der Waals surface area contributed by atoms with Gasteiger partial charge in [0.05, 0.1) is 6.20 Å². The minimum atomic E-state index is -0.110. The molecule has 3 aliphatic rings. The van der Waals surface area contributed by atoms with Crippen molar-refractivity contribution in [2.45, 2.75) is 31.8 Å². The fourth-order valence-electron chi connectivity index (χ4n) is 3.79. The number of hydrogen-bond donors (Lipinski definition) is 1. The van der Waals surface area contributed by atoms with Crippen LogP contribution in [-0.4, -0.2) is 41.0 Å². The molecule has 0 aliphatic carbocycles. The van der Waals surface area contributed by atoms with Crippen LogP contribution in [-0.2, 0) is 0 Å². The van der Waals surface area contributed by atoms with Crippen molar-refractivity contribution in [3.63, 3.8) is 0 Å². The third kappa shape index (κ3) is 3.52. The summed E-state index contributed by atoms with van der Waals surface area (Å²) in [4.78, 5) is 19.3. The van der Waals surface area contributed by atoms with Crippen LogP contribution >= 0.6 is 22.9 Å². The predicted molar refractivity (Wildman–Crippen MR) is 98.7 cm³/mol. The number of halogens is 1. The number of piperidine rings is 3. The third-order valence-corrected chi connectivity index (χ3v) is 6.31. The third-order valence-electron chi connectivity index (χ3n) is 5.19. The zero-order chi connectivity index (χ0) is 17.4. The van der Waals surface area contributed by atoms with Gasteiger partial charge in [0.15, 0.2) is 5.01 Å². The molecule has 3 aliphatic heterocycles. The highest BCUT2D eigenvalue weighted by molar-refractivity contribution is 7.15. The van der Waals surface area contributed by atoms with Crippen molar-refractivity contribution in [1.29, 1.82) is 0 Å². The molecule has 3 saturated heterocycles. The van der Waals surface area contributed by atoms with Crippen LogP contribution in [0.1, 0.15) is 29.6 Å². The lowest BCUT2D eigenvalue weighted by Gasteiger charge is -2.49. The zero-order valence-electron chi connectivity index (χ0n) is 13.9. The van der Waals surface area contributed by atoms with Gasteiger partial charge in [-0.2, -0.15) is 0 Å². The lowest BCUT2D eigenvalue weighted by molar-refractivity contribution is 0.0217. The molecule has 4 heterocycles. The molecule has 1 N–H and O–H groups in total. The van der Waals surface area contributed by atoms with E-state index in [1.807, 2.05) is 0 Å². The number of carbonyl (C=O) groups is 1. The number of aromatic nitrogens is 1. The van der Waals surface area contributed by atoms with Crippen LogP contribution in [0.15, 0.2) is 30.5 Å². The molecule has 25 heavy (non-hydrogen) atoms. The van der Waals surface area contributed by atoms with E-state index < -0.39 is 0 Å². The maximum atomic E-state index is 12.6. The number of nitrogens with one attached hydrogen (secondary N) is 1. The number of amides is 1. The average molecular weight is 378 g/mol. The minimum absolute atomic E-state index is 0.110. The summed E-state index contributed by atoms with van der Waals surface area (Å²) in [7, 11) is 0. The van der Waals surface area contributed by atoms with Crippen LogP contribution in [0.3, 0.4) is 0 Å². The zero-order valence-corrected chi connectivity index (χ0v) is 15.5. The molecule has 1 amide bonds. The molecule has 0 radical (unpaired) electrons. The number of thiazole rings is 1. The first-order chi connectivity index (χ1) is 12.1. The van der Waals surface area contributed by atoms with Crippen LogP contribution in [0.4, 0.5) is 0 Å².